The predicted molar refractivity (Wildman–Crippen MR) is 91.7 cm³/mol. The van der Waals surface area contributed by atoms with Gasteiger partial charge in [0.15, 0.2) is 0 Å². The summed E-state index contributed by atoms with van der Waals surface area (Å²) in [4.78, 5) is 16.6. The van der Waals surface area contributed by atoms with E-state index in [0.29, 0.717) is 5.69 Å². The maximum atomic E-state index is 12.5. The van der Waals surface area contributed by atoms with Crippen LogP contribution in [0.1, 0.15) is 16.8 Å². The molecular formula is C17H15F3N2O3S. The number of benzene rings is 1. The molecule has 2 heterocycles. The Morgan fingerprint density at radius 1 is 1.23 bits per heavy atom. The minimum Gasteiger partial charge on any atom is -0.473 e. The van der Waals surface area contributed by atoms with Crippen molar-refractivity contribution in [1.82, 2.24) is 4.98 Å². The van der Waals surface area contributed by atoms with Crippen LogP contribution in [-0.2, 0) is 0 Å². The van der Waals surface area contributed by atoms with Gasteiger partial charge in [0.2, 0.25) is 5.88 Å². The van der Waals surface area contributed by atoms with Crippen LogP contribution in [-0.4, -0.2) is 34.9 Å². The number of nitrogens with zero attached hydrogens (tertiary/aromatic N) is 1. The molecule has 1 atom stereocenters. The van der Waals surface area contributed by atoms with Crippen LogP contribution in [0.2, 0.25) is 0 Å². The van der Waals surface area contributed by atoms with Crippen molar-refractivity contribution < 1.29 is 27.4 Å². The number of hydrogen-bond donors (Lipinski definition) is 1. The zero-order chi connectivity index (χ0) is 18.6. The van der Waals surface area contributed by atoms with E-state index in [0.717, 1.165) is 30.1 Å². The van der Waals surface area contributed by atoms with Gasteiger partial charge in [0.1, 0.15) is 17.4 Å². The lowest BCUT2D eigenvalue weighted by Gasteiger charge is -2.14. The van der Waals surface area contributed by atoms with Crippen molar-refractivity contribution in [1.29, 1.82) is 0 Å². The quantitative estimate of drug-likeness (QED) is 0.841. The van der Waals surface area contributed by atoms with Gasteiger partial charge in [0.25, 0.3) is 5.91 Å². The molecule has 138 valence electrons. The molecule has 1 N–H and O–H groups in total. The van der Waals surface area contributed by atoms with E-state index in [9.17, 15) is 18.0 Å². The molecule has 1 aliphatic heterocycles. The van der Waals surface area contributed by atoms with Gasteiger partial charge in [-0.1, -0.05) is 0 Å². The Bertz CT molecular complexity index is 763. The summed E-state index contributed by atoms with van der Waals surface area (Å²) in [5.74, 6) is 1.28. The summed E-state index contributed by atoms with van der Waals surface area (Å²) >= 11 is 1.78. The third-order valence-electron chi connectivity index (χ3n) is 3.53. The van der Waals surface area contributed by atoms with Crippen LogP contribution >= 0.6 is 11.8 Å². The zero-order valence-electron chi connectivity index (χ0n) is 13.5. The van der Waals surface area contributed by atoms with Gasteiger partial charge in [-0.05, 0) is 48.6 Å². The fraction of sp³-hybridized carbons (Fsp3) is 0.294. The van der Waals surface area contributed by atoms with Gasteiger partial charge in [-0.15, -0.1) is 13.2 Å². The molecule has 26 heavy (non-hydrogen) atoms. The first-order valence-electron chi connectivity index (χ1n) is 7.77. The largest absolute Gasteiger partial charge is 0.573 e. The zero-order valence-corrected chi connectivity index (χ0v) is 14.3. The third kappa shape index (κ3) is 5.04. The van der Waals surface area contributed by atoms with Gasteiger partial charge in [-0.25, -0.2) is 4.98 Å². The minimum absolute atomic E-state index is 0.0141. The van der Waals surface area contributed by atoms with Crippen molar-refractivity contribution >= 4 is 23.4 Å². The van der Waals surface area contributed by atoms with E-state index in [1.165, 1.54) is 18.3 Å². The van der Waals surface area contributed by atoms with Crippen LogP contribution in [0.5, 0.6) is 11.6 Å². The monoisotopic (exact) mass is 384 g/mol. The second kappa shape index (κ2) is 7.86. The molecule has 1 aromatic carbocycles. The summed E-state index contributed by atoms with van der Waals surface area (Å²) in [7, 11) is 0. The number of carbonyl (C=O) groups is 1. The number of ether oxygens (including phenoxy) is 2. The molecule has 0 aliphatic carbocycles. The number of rotatable bonds is 5. The van der Waals surface area contributed by atoms with Crippen molar-refractivity contribution in [3.8, 4) is 11.6 Å². The molecule has 2 aromatic rings. The van der Waals surface area contributed by atoms with Crippen LogP contribution < -0.4 is 14.8 Å². The maximum Gasteiger partial charge on any atom is 0.573 e. The number of alkyl halides is 3. The highest BCUT2D eigenvalue weighted by molar-refractivity contribution is 7.99. The number of pyridine rings is 1. The van der Waals surface area contributed by atoms with Gasteiger partial charge in [-0.2, -0.15) is 11.8 Å². The molecule has 1 fully saturated rings. The molecular weight excluding hydrogens is 369 g/mol. The number of aromatic nitrogens is 1. The van der Waals surface area contributed by atoms with Gasteiger partial charge in [-0.3, -0.25) is 4.79 Å². The van der Waals surface area contributed by atoms with Crippen molar-refractivity contribution in [3.05, 3.63) is 48.2 Å². The summed E-state index contributed by atoms with van der Waals surface area (Å²) in [6, 6.07) is 8.10. The highest BCUT2D eigenvalue weighted by atomic mass is 32.2. The van der Waals surface area contributed by atoms with Crippen molar-refractivity contribution in [2.45, 2.75) is 18.9 Å². The van der Waals surface area contributed by atoms with Crippen LogP contribution in [0.15, 0.2) is 42.6 Å². The van der Waals surface area contributed by atoms with Gasteiger partial charge < -0.3 is 14.8 Å². The lowest BCUT2D eigenvalue weighted by Crippen LogP contribution is -2.20. The molecule has 0 radical (unpaired) electrons. The molecule has 1 aromatic heterocycles. The molecule has 5 nitrogen and oxygen atoms in total. The Labute approximate surface area is 151 Å². The van der Waals surface area contributed by atoms with Crippen LogP contribution in [0.3, 0.4) is 0 Å². The maximum absolute atomic E-state index is 12.5. The minimum atomic E-state index is -4.76. The summed E-state index contributed by atoms with van der Waals surface area (Å²) in [6.45, 7) is 0. The van der Waals surface area contributed by atoms with E-state index in [2.05, 4.69) is 15.0 Å². The SMILES string of the molecule is O=C(Nc1ccc(OC(F)(F)F)cc1)c1cccnc1OC1CCSC1. The second-order valence-corrected chi connectivity index (χ2v) is 6.64. The number of halogens is 3. The van der Waals surface area contributed by atoms with Gasteiger partial charge >= 0.3 is 6.36 Å². The highest BCUT2D eigenvalue weighted by Crippen LogP contribution is 2.26. The summed E-state index contributed by atoms with van der Waals surface area (Å²) in [6.07, 6.45) is -2.31. The summed E-state index contributed by atoms with van der Waals surface area (Å²) in [5.41, 5.74) is 0.593. The number of hydrogen-bond acceptors (Lipinski definition) is 5. The molecule has 0 bridgehead atoms. The van der Waals surface area contributed by atoms with Crippen LogP contribution in [0.25, 0.3) is 0 Å². The first-order valence-corrected chi connectivity index (χ1v) is 8.93. The smallest absolute Gasteiger partial charge is 0.473 e. The van der Waals surface area contributed by atoms with Crippen molar-refractivity contribution in [3.63, 3.8) is 0 Å². The number of anilines is 1. The van der Waals surface area contributed by atoms with E-state index in [1.54, 1.807) is 23.9 Å². The van der Waals surface area contributed by atoms with Crippen LogP contribution in [0, 0.1) is 0 Å². The topological polar surface area (TPSA) is 60.5 Å². The van der Waals surface area contributed by atoms with E-state index >= 15 is 0 Å². The lowest BCUT2D eigenvalue weighted by atomic mass is 10.2. The standard InChI is InChI=1S/C17H15F3N2O3S/c18-17(19,20)25-12-5-3-11(4-6-12)22-15(23)14-2-1-8-21-16(14)24-13-7-9-26-10-13/h1-6,8,13H,7,9-10H2,(H,22,23). The average molecular weight is 384 g/mol. The molecule has 0 spiro atoms. The van der Waals surface area contributed by atoms with E-state index in [1.807, 2.05) is 0 Å². The summed E-state index contributed by atoms with van der Waals surface area (Å²) in [5, 5.41) is 2.61. The van der Waals surface area contributed by atoms with Crippen molar-refractivity contribution in [2.24, 2.45) is 0 Å². The number of carbonyl (C=O) groups excluding carboxylic acids is 1. The molecule has 1 unspecified atom stereocenters. The van der Waals surface area contributed by atoms with E-state index in [-0.39, 0.29) is 23.3 Å². The molecule has 9 heteroatoms. The van der Waals surface area contributed by atoms with Gasteiger partial charge in [0, 0.05) is 17.6 Å². The number of nitrogens with one attached hydrogen (secondary N) is 1. The first-order chi connectivity index (χ1) is 12.4. The number of thioether (sulfide) groups is 1. The molecule has 0 saturated carbocycles. The molecule has 1 aliphatic rings. The van der Waals surface area contributed by atoms with Crippen LogP contribution in [0.4, 0.5) is 18.9 Å². The normalized spacial score (nSPS) is 17.0. The Hall–Kier alpha value is -2.42. The predicted octanol–water partition coefficient (Wildman–Crippen LogP) is 4.12. The Kier molecular flexibility index (Phi) is 5.55. The van der Waals surface area contributed by atoms with Crippen molar-refractivity contribution in [2.75, 3.05) is 16.8 Å². The number of amides is 1. The Morgan fingerprint density at radius 3 is 2.65 bits per heavy atom. The first kappa shape index (κ1) is 18.4. The second-order valence-electron chi connectivity index (χ2n) is 5.49. The fourth-order valence-corrected chi connectivity index (χ4v) is 3.45. The molecule has 1 amide bonds. The highest BCUT2D eigenvalue weighted by Gasteiger charge is 2.31. The Morgan fingerprint density at radius 2 is 2.00 bits per heavy atom. The Balaban J connectivity index is 1.68. The average Bonchev–Trinajstić information content (AvgIpc) is 3.09. The lowest BCUT2D eigenvalue weighted by molar-refractivity contribution is -0.274. The third-order valence-corrected chi connectivity index (χ3v) is 4.66. The van der Waals surface area contributed by atoms with Gasteiger partial charge in [0.05, 0.1) is 0 Å². The summed E-state index contributed by atoms with van der Waals surface area (Å²) < 4.78 is 46.1. The van der Waals surface area contributed by atoms with E-state index < -0.39 is 12.3 Å². The molecule has 1 saturated heterocycles. The van der Waals surface area contributed by atoms with E-state index in [4.69, 9.17) is 4.74 Å². The fourth-order valence-electron chi connectivity index (χ4n) is 2.36. The molecule has 3 rings (SSSR count).